The van der Waals surface area contributed by atoms with Gasteiger partial charge in [-0.2, -0.15) is 0 Å². The van der Waals surface area contributed by atoms with Gasteiger partial charge in [0.2, 0.25) is 0 Å². The summed E-state index contributed by atoms with van der Waals surface area (Å²) in [6.07, 6.45) is 0. The normalized spacial score (nSPS) is 10.2. The average Bonchev–Trinajstić information content (AvgIpc) is 2.10. The van der Waals surface area contributed by atoms with Crippen LogP contribution in [0.1, 0.15) is 15.9 Å². The molecule has 2 nitrogen and oxygen atoms in total. The predicted molar refractivity (Wildman–Crippen MR) is 57.3 cm³/mol. The van der Waals surface area contributed by atoms with Gasteiger partial charge in [-0.25, -0.2) is 0 Å². The highest BCUT2D eigenvalue weighted by Crippen LogP contribution is 2.24. The summed E-state index contributed by atoms with van der Waals surface area (Å²) in [5.41, 5.74) is 6.63. The van der Waals surface area contributed by atoms with Gasteiger partial charge in [-0.05, 0) is 24.6 Å². The largest absolute Gasteiger partial charge is 0.324 e. The molecule has 0 radical (unpaired) electrons. The van der Waals surface area contributed by atoms with Crippen molar-refractivity contribution < 1.29 is 4.79 Å². The van der Waals surface area contributed by atoms with Gasteiger partial charge in [0.1, 0.15) is 0 Å². The van der Waals surface area contributed by atoms with Crippen LogP contribution in [0, 0.1) is 6.92 Å². The van der Waals surface area contributed by atoms with Crippen molar-refractivity contribution in [3.63, 3.8) is 0 Å². The van der Waals surface area contributed by atoms with Crippen molar-refractivity contribution in [1.29, 1.82) is 0 Å². The molecule has 2 N–H and O–H groups in total. The molecule has 0 heterocycles. The maximum Gasteiger partial charge on any atom is 0.176 e. The fourth-order valence-electron chi connectivity index (χ4n) is 1.05. The molecular formula is C9H9BrClNO. The van der Waals surface area contributed by atoms with Gasteiger partial charge in [0, 0.05) is 15.1 Å². The van der Waals surface area contributed by atoms with Gasteiger partial charge in [0.05, 0.1) is 6.54 Å². The Balaban J connectivity index is 3.28. The molecule has 0 saturated carbocycles. The van der Waals surface area contributed by atoms with Crippen LogP contribution in [0.25, 0.3) is 0 Å². The molecule has 1 aromatic carbocycles. The second kappa shape index (κ2) is 4.22. The van der Waals surface area contributed by atoms with Gasteiger partial charge in [-0.3, -0.25) is 4.79 Å². The van der Waals surface area contributed by atoms with Crippen LogP contribution in [0.2, 0.25) is 5.02 Å². The summed E-state index contributed by atoms with van der Waals surface area (Å²) in [5.74, 6) is -0.0966. The van der Waals surface area contributed by atoms with Gasteiger partial charge in [0.25, 0.3) is 0 Å². The summed E-state index contributed by atoms with van der Waals surface area (Å²) >= 11 is 9.16. The molecule has 0 aliphatic heterocycles. The minimum Gasteiger partial charge on any atom is -0.324 e. The minimum atomic E-state index is -0.0966. The van der Waals surface area contributed by atoms with Gasteiger partial charge in [0.15, 0.2) is 5.78 Å². The van der Waals surface area contributed by atoms with Crippen LogP contribution in [0.3, 0.4) is 0 Å². The number of rotatable bonds is 2. The highest BCUT2D eigenvalue weighted by molar-refractivity contribution is 9.10. The Hall–Kier alpha value is -0.380. The Morgan fingerprint density at radius 2 is 2.23 bits per heavy atom. The molecule has 1 aromatic rings. The van der Waals surface area contributed by atoms with E-state index in [1.165, 1.54) is 0 Å². The van der Waals surface area contributed by atoms with E-state index in [-0.39, 0.29) is 12.3 Å². The SMILES string of the molecule is Cc1c(Cl)cc(Br)cc1C(=O)CN. The molecule has 0 aromatic heterocycles. The number of ketones is 1. The number of carbonyl (C=O) groups excluding carboxylic acids is 1. The average molecular weight is 263 g/mol. The van der Waals surface area contributed by atoms with Crippen molar-refractivity contribution in [3.8, 4) is 0 Å². The molecule has 0 atom stereocenters. The quantitative estimate of drug-likeness (QED) is 0.833. The Kier molecular flexibility index (Phi) is 3.47. The van der Waals surface area contributed by atoms with Crippen molar-refractivity contribution in [2.45, 2.75) is 6.92 Å². The van der Waals surface area contributed by atoms with Crippen LogP contribution in [0.5, 0.6) is 0 Å². The van der Waals surface area contributed by atoms with E-state index in [0.717, 1.165) is 10.0 Å². The maximum absolute atomic E-state index is 11.3. The third-order valence-corrected chi connectivity index (χ3v) is 2.65. The molecule has 0 aliphatic rings. The first kappa shape index (κ1) is 10.7. The molecule has 0 bridgehead atoms. The standard InChI is InChI=1S/C9H9BrClNO/c1-5-7(9(13)4-12)2-6(10)3-8(5)11/h2-3H,4,12H2,1H3. The number of nitrogens with two attached hydrogens (primary N) is 1. The van der Waals surface area contributed by atoms with Crippen molar-refractivity contribution in [3.05, 3.63) is 32.8 Å². The molecular weight excluding hydrogens is 253 g/mol. The lowest BCUT2D eigenvalue weighted by molar-refractivity contribution is 0.100. The maximum atomic E-state index is 11.3. The zero-order valence-electron chi connectivity index (χ0n) is 7.10. The second-order valence-corrected chi connectivity index (χ2v) is 4.01. The molecule has 0 spiro atoms. The van der Waals surface area contributed by atoms with Gasteiger partial charge < -0.3 is 5.73 Å². The highest BCUT2D eigenvalue weighted by Gasteiger charge is 2.10. The molecule has 1 rings (SSSR count). The van der Waals surface area contributed by atoms with E-state index in [1.54, 1.807) is 19.1 Å². The number of Topliss-reactive ketones (excluding diaryl/α,β-unsaturated/α-hetero) is 1. The van der Waals surface area contributed by atoms with Crippen molar-refractivity contribution in [2.75, 3.05) is 6.54 Å². The third-order valence-electron chi connectivity index (χ3n) is 1.79. The fourth-order valence-corrected chi connectivity index (χ4v) is 1.85. The minimum absolute atomic E-state index is 0.00756. The van der Waals surface area contributed by atoms with E-state index in [1.807, 2.05) is 0 Å². The highest BCUT2D eigenvalue weighted by atomic mass is 79.9. The van der Waals surface area contributed by atoms with Crippen LogP contribution in [-0.2, 0) is 0 Å². The number of benzene rings is 1. The Bertz CT molecular complexity index is 352. The summed E-state index contributed by atoms with van der Waals surface area (Å²) in [6.45, 7) is 1.81. The molecule has 0 aliphatic carbocycles. The van der Waals surface area contributed by atoms with Crippen LogP contribution in [0.4, 0.5) is 0 Å². The first-order valence-electron chi connectivity index (χ1n) is 3.75. The van der Waals surface area contributed by atoms with E-state index in [0.29, 0.717) is 10.6 Å². The summed E-state index contributed by atoms with van der Waals surface area (Å²) in [7, 11) is 0. The number of carbonyl (C=O) groups is 1. The van der Waals surface area contributed by atoms with Gasteiger partial charge in [-0.15, -0.1) is 0 Å². The van der Waals surface area contributed by atoms with E-state index in [2.05, 4.69) is 15.9 Å². The van der Waals surface area contributed by atoms with Crippen LogP contribution < -0.4 is 5.73 Å². The van der Waals surface area contributed by atoms with Crippen LogP contribution in [0.15, 0.2) is 16.6 Å². The Morgan fingerprint density at radius 3 is 2.77 bits per heavy atom. The monoisotopic (exact) mass is 261 g/mol. The summed E-state index contributed by atoms with van der Waals surface area (Å²) in [5, 5.41) is 0.575. The molecule has 0 fully saturated rings. The zero-order valence-corrected chi connectivity index (χ0v) is 9.45. The van der Waals surface area contributed by atoms with E-state index >= 15 is 0 Å². The third kappa shape index (κ3) is 2.30. The van der Waals surface area contributed by atoms with Crippen molar-refractivity contribution in [1.82, 2.24) is 0 Å². The lowest BCUT2D eigenvalue weighted by Gasteiger charge is -2.05. The number of hydrogen-bond donors (Lipinski definition) is 1. The van der Waals surface area contributed by atoms with E-state index < -0.39 is 0 Å². The van der Waals surface area contributed by atoms with E-state index in [9.17, 15) is 4.79 Å². The lowest BCUT2D eigenvalue weighted by atomic mass is 10.1. The Morgan fingerprint density at radius 1 is 1.62 bits per heavy atom. The smallest absolute Gasteiger partial charge is 0.176 e. The first-order chi connectivity index (χ1) is 6.06. The number of hydrogen-bond acceptors (Lipinski definition) is 2. The zero-order chi connectivity index (χ0) is 10.0. The predicted octanol–water partition coefficient (Wildman–Crippen LogP) is 2.55. The van der Waals surface area contributed by atoms with Gasteiger partial charge >= 0.3 is 0 Å². The molecule has 0 saturated heterocycles. The van der Waals surface area contributed by atoms with Gasteiger partial charge in [-0.1, -0.05) is 27.5 Å². The van der Waals surface area contributed by atoms with Crippen LogP contribution in [-0.4, -0.2) is 12.3 Å². The summed E-state index contributed by atoms with van der Waals surface area (Å²) < 4.78 is 0.792. The first-order valence-corrected chi connectivity index (χ1v) is 4.92. The van der Waals surface area contributed by atoms with Crippen molar-refractivity contribution >= 4 is 33.3 Å². The topological polar surface area (TPSA) is 43.1 Å². The molecule has 13 heavy (non-hydrogen) atoms. The molecule has 70 valence electrons. The molecule has 0 unspecified atom stereocenters. The molecule has 4 heteroatoms. The summed E-state index contributed by atoms with van der Waals surface area (Å²) in [4.78, 5) is 11.3. The molecule has 0 amide bonds. The summed E-state index contributed by atoms with van der Waals surface area (Å²) in [6, 6.07) is 3.49. The number of halogens is 2. The van der Waals surface area contributed by atoms with E-state index in [4.69, 9.17) is 17.3 Å². The second-order valence-electron chi connectivity index (χ2n) is 2.69. The lowest BCUT2D eigenvalue weighted by Crippen LogP contribution is -2.14. The Labute approximate surface area is 90.2 Å². The van der Waals surface area contributed by atoms with Crippen LogP contribution >= 0.6 is 27.5 Å². The van der Waals surface area contributed by atoms with Crippen molar-refractivity contribution in [2.24, 2.45) is 5.73 Å². The fraction of sp³-hybridized carbons (Fsp3) is 0.222.